The van der Waals surface area contributed by atoms with Crippen molar-refractivity contribution in [1.82, 2.24) is 14.9 Å². The topological polar surface area (TPSA) is 71.8 Å². The first-order chi connectivity index (χ1) is 16.0. The third kappa shape index (κ3) is 4.21. The van der Waals surface area contributed by atoms with Gasteiger partial charge in [-0.3, -0.25) is 4.79 Å². The van der Waals surface area contributed by atoms with E-state index in [1.807, 2.05) is 91.3 Å². The minimum absolute atomic E-state index is 0.100. The van der Waals surface area contributed by atoms with E-state index in [1.54, 1.807) is 0 Å². The number of hydrogen-bond acceptors (Lipinski definition) is 5. The number of nitrogens with zero attached hydrogens (tertiary/aromatic N) is 3. The maximum atomic E-state index is 13.5. The molecule has 0 saturated heterocycles. The van der Waals surface area contributed by atoms with Crippen molar-refractivity contribution in [2.24, 2.45) is 0 Å². The summed E-state index contributed by atoms with van der Waals surface area (Å²) >= 11 is 7.53. The normalized spacial score (nSPS) is 17.2. The van der Waals surface area contributed by atoms with E-state index < -0.39 is 5.25 Å². The number of rotatable bonds is 4. The molecule has 2 unspecified atom stereocenters. The van der Waals surface area contributed by atoms with Crippen molar-refractivity contribution in [1.29, 1.82) is 0 Å². The number of amides is 1. The van der Waals surface area contributed by atoms with Crippen molar-refractivity contribution in [2.45, 2.75) is 30.3 Å². The van der Waals surface area contributed by atoms with Gasteiger partial charge in [-0.15, -0.1) is 10.2 Å². The van der Waals surface area contributed by atoms with E-state index in [2.05, 4.69) is 20.9 Å². The lowest BCUT2D eigenvalue weighted by atomic mass is 10.0. The molecular weight excluding hydrogens is 454 g/mol. The third-order valence-electron chi connectivity index (χ3n) is 5.82. The van der Waals surface area contributed by atoms with Gasteiger partial charge in [0.25, 0.3) is 0 Å². The maximum absolute atomic E-state index is 13.5. The van der Waals surface area contributed by atoms with Crippen molar-refractivity contribution >= 4 is 35.0 Å². The molecular formula is C25H22ClN5OS. The number of benzene rings is 3. The Balaban J connectivity index is 1.52. The van der Waals surface area contributed by atoms with Gasteiger partial charge in [0, 0.05) is 16.3 Å². The molecule has 2 atom stereocenters. The fourth-order valence-electron chi connectivity index (χ4n) is 3.84. The van der Waals surface area contributed by atoms with Gasteiger partial charge < -0.3 is 10.7 Å². The summed E-state index contributed by atoms with van der Waals surface area (Å²) in [5.74, 6) is 0.599. The SMILES string of the molecule is Cc1cccc(NC(=O)C2Sc3nnc(-c4ccccc4)n3NC2c2ccc(Cl)cc2)c1C. The van der Waals surface area contributed by atoms with Crippen LogP contribution in [-0.4, -0.2) is 26.0 Å². The van der Waals surface area contributed by atoms with E-state index in [0.29, 0.717) is 16.0 Å². The second kappa shape index (κ2) is 8.92. The van der Waals surface area contributed by atoms with Gasteiger partial charge in [-0.1, -0.05) is 78.0 Å². The summed E-state index contributed by atoms with van der Waals surface area (Å²) in [5, 5.41) is 12.7. The van der Waals surface area contributed by atoms with Crippen LogP contribution in [-0.2, 0) is 4.79 Å². The summed E-state index contributed by atoms with van der Waals surface area (Å²) in [7, 11) is 0. The van der Waals surface area contributed by atoms with Crippen molar-refractivity contribution in [3.05, 3.63) is 94.5 Å². The standard InChI is InChI=1S/C25H22ClN5OS/c1-15-7-6-10-20(16(15)2)27-24(32)22-21(17-11-13-19(26)14-12-17)30-31-23(28-29-25(31)33-22)18-8-4-3-5-9-18/h3-14,21-22,30H,1-2H3,(H,27,32). The number of thioether (sulfide) groups is 1. The van der Waals surface area contributed by atoms with E-state index in [0.717, 1.165) is 27.9 Å². The Labute approximate surface area is 201 Å². The smallest absolute Gasteiger partial charge is 0.240 e. The predicted octanol–water partition coefficient (Wildman–Crippen LogP) is 5.61. The number of nitrogens with one attached hydrogen (secondary N) is 2. The molecule has 4 aromatic rings. The van der Waals surface area contributed by atoms with Crippen LogP contribution in [0.3, 0.4) is 0 Å². The Morgan fingerprint density at radius 3 is 2.52 bits per heavy atom. The third-order valence-corrected chi connectivity index (χ3v) is 7.29. The molecule has 6 nitrogen and oxygen atoms in total. The number of aryl methyl sites for hydroxylation is 1. The van der Waals surface area contributed by atoms with Crippen LogP contribution in [0.25, 0.3) is 11.4 Å². The largest absolute Gasteiger partial charge is 0.325 e. The van der Waals surface area contributed by atoms with Crippen molar-refractivity contribution in [2.75, 3.05) is 10.7 Å². The monoisotopic (exact) mass is 475 g/mol. The number of hydrogen-bond donors (Lipinski definition) is 2. The summed E-state index contributed by atoms with van der Waals surface area (Å²) in [6.45, 7) is 4.04. The van der Waals surface area contributed by atoms with Crippen molar-refractivity contribution < 1.29 is 4.79 Å². The molecule has 1 aliphatic rings. The number of anilines is 1. The van der Waals surface area contributed by atoms with Gasteiger partial charge in [-0.05, 0) is 48.7 Å². The Morgan fingerprint density at radius 2 is 1.76 bits per heavy atom. The highest BCUT2D eigenvalue weighted by atomic mass is 35.5. The van der Waals surface area contributed by atoms with E-state index in [9.17, 15) is 4.79 Å². The van der Waals surface area contributed by atoms with Crippen LogP contribution in [0.5, 0.6) is 0 Å². The number of carbonyl (C=O) groups excluding carboxylic acids is 1. The molecule has 0 fully saturated rings. The van der Waals surface area contributed by atoms with Gasteiger partial charge in [-0.2, -0.15) is 0 Å². The maximum Gasteiger partial charge on any atom is 0.240 e. The number of carbonyl (C=O) groups is 1. The molecule has 1 amide bonds. The molecule has 33 heavy (non-hydrogen) atoms. The van der Waals surface area contributed by atoms with Gasteiger partial charge in [0.1, 0.15) is 5.25 Å². The molecule has 0 bridgehead atoms. The molecule has 1 aliphatic heterocycles. The molecule has 166 valence electrons. The summed E-state index contributed by atoms with van der Waals surface area (Å²) < 4.78 is 1.86. The Kier molecular flexibility index (Phi) is 5.83. The highest BCUT2D eigenvalue weighted by Gasteiger charge is 2.38. The minimum Gasteiger partial charge on any atom is -0.325 e. The first-order valence-corrected chi connectivity index (χ1v) is 11.8. The van der Waals surface area contributed by atoms with Crippen LogP contribution < -0.4 is 10.7 Å². The average Bonchev–Trinajstić information content (AvgIpc) is 3.25. The Bertz CT molecular complexity index is 1310. The Morgan fingerprint density at radius 1 is 1.00 bits per heavy atom. The van der Waals surface area contributed by atoms with Gasteiger partial charge in [0.15, 0.2) is 5.82 Å². The molecule has 2 N–H and O–H groups in total. The molecule has 8 heteroatoms. The Hall–Kier alpha value is -3.29. The van der Waals surface area contributed by atoms with Crippen LogP contribution in [0, 0.1) is 13.8 Å². The van der Waals surface area contributed by atoms with Crippen LogP contribution in [0.4, 0.5) is 5.69 Å². The van der Waals surface area contributed by atoms with E-state index >= 15 is 0 Å². The average molecular weight is 476 g/mol. The zero-order chi connectivity index (χ0) is 22.9. The van der Waals surface area contributed by atoms with Crippen LogP contribution in [0.15, 0.2) is 78.0 Å². The molecule has 5 rings (SSSR count). The highest BCUT2D eigenvalue weighted by Crippen LogP contribution is 2.39. The molecule has 3 aromatic carbocycles. The van der Waals surface area contributed by atoms with E-state index in [-0.39, 0.29) is 11.9 Å². The quantitative estimate of drug-likeness (QED) is 0.401. The molecule has 0 aliphatic carbocycles. The molecule has 0 spiro atoms. The lowest BCUT2D eigenvalue weighted by Crippen LogP contribution is -2.41. The predicted molar refractivity (Wildman–Crippen MR) is 133 cm³/mol. The van der Waals surface area contributed by atoms with E-state index in [1.165, 1.54) is 11.8 Å². The summed E-state index contributed by atoms with van der Waals surface area (Å²) in [4.78, 5) is 13.5. The molecule has 0 saturated carbocycles. The zero-order valence-corrected chi connectivity index (χ0v) is 19.7. The molecule has 1 aromatic heterocycles. The van der Waals surface area contributed by atoms with Crippen LogP contribution in [0.1, 0.15) is 22.7 Å². The first kappa shape index (κ1) is 21.6. The summed E-state index contributed by atoms with van der Waals surface area (Å²) in [5.41, 5.74) is 8.38. The van der Waals surface area contributed by atoms with Gasteiger partial charge >= 0.3 is 0 Å². The number of halogens is 1. The van der Waals surface area contributed by atoms with Gasteiger partial charge in [0.05, 0.1) is 6.04 Å². The minimum atomic E-state index is -0.466. The first-order valence-electron chi connectivity index (χ1n) is 10.6. The fourth-order valence-corrected chi connectivity index (χ4v) is 5.05. The van der Waals surface area contributed by atoms with Crippen molar-refractivity contribution in [3.63, 3.8) is 0 Å². The van der Waals surface area contributed by atoms with Gasteiger partial charge in [-0.25, -0.2) is 4.68 Å². The summed E-state index contributed by atoms with van der Waals surface area (Å²) in [6.07, 6.45) is 0. The zero-order valence-electron chi connectivity index (χ0n) is 18.1. The second-order valence-electron chi connectivity index (χ2n) is 7.94. The highest BCUT2D eigenvalue weighted by molar-refractivity contribution is 8.00. The van der Waals surface area contributed by atoms with Crippen LogP contribution >= 0.6 is 23.4 Å². The number of fused-ring (bicyclic) bond motifs is 1. The molecule has 2 heterocycles. The number of aromatic nitrogens is 3. The molecule has 0 radical (unpaired) electrons. The van der Waals surface area contributed by atoms with Crippen LogP contribution in [0.2, 0.25) is 5.02 Å². The second-order valence-corrected chi connectivity index (χ2v) is 9.49. The van der Waals surface area contributed by atoms with Gasteiger partial charge in [0.2, 0.25) is 11.1 Å². The van der Waals surface area contributed by atoms with E-state index in [4.69, 9.17) is 11.6 Å². The lowest BCUT2D eigenvalue weighted by Gasteiger charge is -2.33. The van der Waals surface area contributed by atoms with Crippen molar-refractivity contribution in [3.8, 4) is 11.4 Å². The lowest BCUT2D eigenvalue weighted by molar-refractivity contribution is -0.116. The summed E-state index contributed by atoms with van der Waals surface area (Å²) in [6, 6.07) is 23.0. The fraction of sp³-hybridized carbons (Fsp3) is 0.160.